The number of hydrogen-bond donors (Lipinski definition) is 0. The van der Waals surface area contributed by atoms with Crippen LogP contribution in [0.25, 0.3) is 56.5 Å². The third kappa shape index (κ3) is 6.68. The summed E-state index contributed by atoms with van der Waals surface area (Å²) in [6.07, 6.45) is 27.1. The number of benzene rings is 4. The van der Waals surface area contributed by atoms with Gasteiger partial charge in [0.25, 0.3) is 0 Å². The molecule has 4 aromatic carbocycles. The lowest BCUT2D eigenvalue weighted by atomic mass is 10.0. The summed E-state index contributed by atoms with van der Waals surface area (Å²) in [4.78, 5) is 0. The van der Waals surface area contributed by atoms with Crippen LogP contribution >= 0.6 is 0 Å². The Kier molecular flexibility index (Phi) is 9.79. The van der Waals surface area contributed by atoms with E-state index in [1.807, 2.05) is 13.0 Å². The zero-order chi connectivity index (χ0) is 32.6. The Labute approximate surface area is 279 Å². The Morgan fingerprint density at radius 2 is 1.28 bits per heavy atom. The van der Waals surface area contributed by atoms with Gasteiger partial charge >= 0.3 is 0 Å². The highest BCUT2D eigenvalue weighted by molar-refractivity contribution is 6.10. The molecular weight excluding hydrogens is 569 g/mol. The van der Waals surface area contributed by atoms with Gasteiger partial charge in [0.05, 0.1) is 11.0 Å². The second-order valence-corrected chi connectivity index (χ2v) is 11.6. The number of allylic oxidation sites excluding steroid dienone is 10. The molecule has 0 aliphatic rings. The minimum atomic E-state index is 1.02. The van der Waals surface area contributed by atoms with E-state index in [4.69, 9.17) is 0 Å². The first kappa shape index (κ1) is 31.4. The van der Waals surface area contributed by atoms with Gasteiger partial charge in [-0.25, -0.2) is 0 Å². The summed E-state index contributed by atoms with van der Waals surface area (Å²) in [5.41, 5.74) is 11.9. The van der Waals surface area contributed by atoms with Gasteiger partial charge in [0.2, 0.25) is 0 Å². The quantitative estimate of drug-likeness (QED) is 0.137. The minimum Gasteiger partial charge on any atom is -0.323 e. The molecule has 0 amide bonds. The Balaban J connectivity index is 1.40. The molecule has 0 atom stereocenters. The third-order valence-electron chi connectivity index (χ3n) is 8.56. The highest BCUT2D eigenvalue weighted by Gasteiger charge is 2.14. The van der Waals surface area contributed by atoms with Crippen LogP contribution in [-0.2, 0) is 0 Å². The summed E-state index contributed by atoms with van der Waals surface area (Å²) in [7, 11) is 0. The van der Waals surface area contributed by atoms with Gasteiger partial charge in [-0.15, -0.1) is 0 Å². The van der Waals surface area contributed by atoms with Crippen molar-refractivity contribution < 1.29 is 0 Å². The van der Waals surface area contributed by atoms with Crippen molar-refractivity contribution in [1.29, 1.82) is 0 Å². The summed E-state index contributed by atoms with van der Waals surface area (Å²) in [5.74, 6) is 0. The van der Waals surface area contributed by atoms with Crippen LogP contribution in [0, 0.1) is 0 Å². The topological polar surface area (TPSA) is 9.86 Å². The van der Waals surface area contributed by atoms with Crippen molar-refractivity contribution in [3.63, 3.8) is 0 Å². The fourth-order valence-electron chi connectivity index (χ4n) is 6.18. The molecule has 0 spiro atoms. The van der Waals surface area contributed by atoms with Crippen LogP contribution in [0.15, 0.2) is 158 Å². The highest BCUT2D eigenvalue weighted by Crippen LogP contribution is 2.35. The molecule has 6 rings (SSSR count). The van der Waals surface area contributed by atoms with Crippen LogP contribution in [0.2, 0.25) is 0 Å². The maximum atomic E-state index is 2.40. The summed E-state index contributed by atoms with van der Waals surface area (Å²) in [6.45, 7) is 8.44. The Morgan fingerprint density at radius 3 is 2.04 bits per heavy atom. The molecule has 0 saturated heterocycles. The van der Waals surface area contributed by atoms with Gasteiger partial charge < -0.3 is 9.13 Å². The SMILES string of the molecule is C/C=C\C=C/c1cn(-c2ccccc2)cc1/C=C\C(=C/C)c1ccc2c(c1)c1ccccc1n2-c1cccc(C(/C=C\CC)=C/C)c1. The van der Waals surface area contributed by atoms with E-state index in [1.54, 1.807) is 0 Å². The van der Waals surface area contributed by atoms with Crippen LogP contribution in [0.3, 0.4) is 0 Å². The predicted octanol–water partition coefficient (Wildman–Crippen LogP) is 12.6. The maximum absolute atomic E-state index is 2.40. The molecule has 0 saturated carbocycles. The lowest BCUT2D eigenvalue weighted by Gasteiger charge is -2.11. The summed E-state index contributed by atoms with van der Waals surface area (Å²) < 4.78 is 4.59. The molecule has 232 valence electrons. The molecule has 2 aromatic heterocycles. The molecule has 0 N–H and O–H groups in total. The van der Waals surface area contributed by atoms with E-state index in [0.717, 1.165) is 12.1 Å². The van der Waals surface area contributed by atoms with Crippen molar-refractivity contribution in [3.05, 3.63) is 180 Å². The second kappa shape index (κ2) is 14.7. The van der Waals surface area contributed by atoms with Gasteiger partial charge in [-0.3, -0.25) is 0 Å². The second-order valence-electron chi connectivity index (χ2n) is 11.6. The van der Waals surface area contributed by atoms with Crippen molar-refractivity contribution in [2.24, 2.45) is 0 Å². The number of fused-ring (bicyclic) bond motifs is 3. The van der Waals surface area contributed by atoms with Crippen molar-refractivity contribution in [2.75, 3.05) is 0 Å². The number of aromatic nitrogens is 2. The van der Waals surface area contributed by atoms with Gasteiger partial charge in [-0.05, 0) is 103 Å². The number of hydrogen-bond acceptors (Lipinski definition) is 0. The first-order chi connectivity index (χ1) is 23.1. The fraction of sp³-hybridized carbons (Fsp3) is 0.111. The van der Waals surface area contributed by atoms with Gasteiger partial charge in [0.1, 0.15) is 0 Å². The molecule has 2 nitrogen and oxygen atoms in total. The predicted molar refractivity (Wildman–Crippen MR) is 206 cm³/mol. The third-order valence-corrected chi connectivity index (χ3v) is 8.56. The van der Waals surface area contributed by atoms with Gasteiger partial charge in [-0.1, -0.05) is 122 Å². The summed E-state index contributed by atoms with van der Waals surface area (Å²) in [5, 5.41) is 2.50. The molecule has 2 heteroatoms. The van der Waals surface area contributed by atoms with E-state index in [2.05, 4.69) is 194 Å². The Hall–Kier alpha value is -5.60. The molecule has 2 heterocycles. The molecule has 0 bridgehead atoms. The Bertz CT molecular complexity index is 2190. The molecule has 0 unspecified atom stereocenters. The average molecular weight is 611 g/mol. The molecule has 0 radical (unpaired) electrons. The van der Waals surface area contributed by atoms with Gasteiger partial charge in [0, 0.05) is 34.5 Å². The van der Waals surface area contributed by atoms with Crippen LogP contribution in [0.1, 0.15) is 56.4 Å². The average Bonchev–Trinajstić information content (AvgIpc) is 3.68. The molecule has 6 aromatic rings. The van der Waals surface area contributed by atoms with Crippen molar-refractivity contribution in [2.45, 2.75) is 34.1 Å². The first-order valence-corrected chi connectivity index (χ1v) is 16.5. The van der Waals surface area contributed by atoms with E-state index in [1.165, 1.54) is 60.9 Å². The van der Waals surface area contributed by atoms with Crippen LogP contribution in [-0.4, -0.2) is 9.13 Å². The zero-order valence-electron chi connectivity index (χ0n) is 27.8. The minimum absolute atomic E-state index is 1.02. The number of para-hydroxylation sites is 2. The lowest BCUT2D eigenvalue weighted by Crippen LogP contribution is -1.95. The van der Waals surface area contributed by atoms with Crippen molar-refractivity contribution in [1.82, 2.24) is 9.13 Å². The molecule has 0 aliphatic heterocycles. The van der Waals surface area contributed by atoms with E-state index in [9.17, 15) is 0 Å². The maximum Gasteiger partial charge on any atom is 0.0541 e. The van der Waals surface area contributed by atoms with Gasteiger partial charge in [-0.2, -0.15) is 0 Å². The summed E-state index contributed by atoms with van der Waals surface area (Å²) in [6, 6.07) is 35.0. The van der Waals surface area contributed by atoms with Crippen molar-refractivity contribution in [3.8, 4) is 11.4 Å². The van der Waals surface area contributed by atoms with E-state index >= 15 is 0 Å². The van der Waals surface area contributed by atoms with Gasteiger partial charge in [0.15, 0.2) is 0 Å². The monoisotopic (exact) mass is 610 g/mol. The first-order valence-electron chi connectivity index (χ1n) is 16.5. The normalized spacial score (nSPS) is 13.1. The standard InChI is InChI=1S/C45H42N2/c1-5-9-12-19-38-32-46(40-21-13-11-14-22-40)33-39(38)27-26-35(8-4)37-28-29-45-43(31-37)42-24-15-16-25-44(42)47(45)41-23-17-20-36(30-41)34(7-3)18-10-6-2/h5,7-33H,6H2,1-4H3/b9-5-,18-10-,19-12-,27-26-,34-7+,35-8+. The smallest absolute Gasteiger partial charge is 0.0541 e. The van der Waals surface area contributed by atoms with Crippen LogP contribution in [0.5, 0.6) is 0 Å². The van der Waals surface area contributed by atoms with E-state index in [0.29, 0.717) is 0 Å². The van der Waals surface area contributed by atoms with Crippen LogP contribution in [0.4, 0.5) is 0 Å². The molecule has 47 heavy (non-hydrogen) atoms. The highest BCUT2D eigenvalue weighted by atomic mass is 15.0. The van der Waals surface area contributed by atoms with E-state index in [-0.39, 0.29) is 0 Å². The van der Waals surface area contributed by atoms with Crippen LogP contribution < -0.4 is 0 Å². The number of rotatable bonds is 10. The van der Waals surface area contributed by atoms with E-state index < -0.39 is 0 Å². The Morgan fingerprint density at radius 1 is 0.596 bits per heavy atom. The van der Waals surface area contributed by atoms with Crippen molar-refractivity contribution >= 4 is 45.1 Å². The fourth-order valence-corrected chi connectivity index (χ4v) is 6.18. The zero-order valence-corrected chi connectivity index (χ0v) is 27.8. The number of nitrogens with zero attached hydrogens (tertiary/aromatic N) is 2. The summed E-state index contributed by atoms with van der Waals surface area (Å²) >= 11 is 0. The molecule has 0 fully saturated rings. The largest absolute Gasteiger partial charge is 0.323 e. The molecule has 0 aliphatic carbocycles. The lowest BCUT2D eigenvalue weighted by molar-refractivity contribution is 1.08. The molecular formula is C45H42N2.